The Kier molecular flexibility index (Phi) is 3.28. The van der Waals surface area contributed by atoms with Crippen LogP contribution in [-0.4, -0.2) is 15.7 Å². The maximum atomic E-state index is 5.32. The Bertz CT molecular complexity index is 636. The molecule has 3 nitrogen and oxygen atoms in total. The Morgan fingerprint density at radius 3 is 3.06 bits per heavy atom. The van der Waals surface area contributed by atoms with Gasteiger partial charge in [0.2, 0.25) is 0 Å². The monoisotopic (exact) mass is 256 g/mol. The highest BCUT2D eigenvalue weighted by Crippen LogP contribution is 2.19. The van der Waals surface area contributed by atoms with Crippen molar-refractivity contribution in [2.24, 2.45) is 0 Å². The Labute approximate surface area is 109 Å². The van der Waals surface area contributed by atoms with Crippen molar-refractivity contribution in [3.8, 4) is 0 Å². The number of hydrogen-bond acceptors (Lipinski definition) is 4. The van der Waals surface area contributed by atoms with Gasteiger partial charge in [0, 0.05) is 23.5 Å². The first-order chi connectivity index (χ1) is 8.92. The van der Waals surface area contributed by atoms with Crippen molar-refractivity contribution in [1.29, 1.82) is 0 Å². The number of rotatable bonds is 4. The summed E-state index contributed by atoms with van der Waals surface area (Å²) in [5.41, 5.74) is 2.26. The highest BCUT2D eigenvalue weighted by Gasteiger charge is 2.00. The highest BCUT2D eigenvalue weighted by molar-refractivity contribution is 7.99. The fourth-order valence-corrected chi connectivity index (χ4v) is 2.62. The molecule has 0 saturated heterocycles. The maximum absolute atomic E-state index is 5.32. The molecule has 1 aromatic carbocycles. The highest BCUT2D eigenvalue weighted by atomic mass is 32.2. The zero-order valence-electron chi connectivity index (χ0n) is 9.74. The maximum Gasteiger partial charge on any atom is 0.133 e. The van der Waals surface area contributed by atoms with Crippen LogP contribution in [0.3, 0.4) is 0 Å². The lowest BCUT2D eigenvalue weighted by molar-refractivity contribution is 0.616. The minimum Gasteiger partial charge on any atom is -0.464 e. The summed E-state index contributed by atoms with van der Waals surface area (Å²) in [4.78, 5) is 8.29. The molecule has 3 aromatic rings. The quantitative estimate of drug-likeness (QED) is 0.669. The summed E-state index contributed by atoms with van der Waals surface area (Å²) in [6, 6.07) is 8.31. The number of aromatic nitrogens is 2. The standard InChI is InChI=1S/C14H12N2OS/c1-2-13-12(3-7-17-13)9-11(1)4-8-18-14-10-15-5-6-16-14/h1-3,5-7,9-10H,4,8H2. The van der Waals surface area contributed by atoms with Crippen LogP contribution in [-0.2, 0) is 6.42 Å². The van der Waals surface area contributed by atoms with Gasteiger partial charge in [0.05, 0.1) is 12.5 Å². The fourth-order valence-electron chi connectivity index (χ4n) is 1.81. The molecule has 0 saturated carbocycles. The minimum absolute atomic E-state index is 0.945. The summed E-state index contributed by atoms with van der Waals surface area (Å²) >= 11 is 1.73. The Hall–Kier alpha value is -1.81. The molecule has 0 bridgehead atoms. The van der Waals surface area contributed by atoms with Gasteiger partial charge in [-0.2, -0.15) is 0 Å². The van der Waals surface area contributed by atoms with Crippen LogP contribution < -0.4 is 0 Å². The second kappa shape index (κ2) is 5.23. The van der Waals surface area contributed by atoms with Crippen molar-refractivity contribution in [2.45, 2.75) is 11.4 Å². The summed E-state index contributed by atoms with van der Waals surface area (Å²) in [6.07, 6.45) is 7.95. The van der Waals surface area contributed by atoms with E-state index in [-0.39, 0.29) is 0 Å². The van der Waals surface area contributed by atoms with Gasteiger partial charge in [0.25, 0.3) is 0 Å². The van der Waals surface area contributed by atoms with Crippen molar-refractivity contribution in [3.63, 3.8) is 0 Å². The normalized spacial score (nSPS) is 10.9. The fraction of sp³-hybridized carbons (Fsp3) is 0.143. The molecule has 0 aliphatic heterocycles. The van der Waals surface area contributed by atoms with Gasteiger partial charge in [-0.1, -0.05) is 6.07 Å². The molecule has 0 N–H and O–H groups in total. The number of fused-ring (bicyclic) bond motifs is 1. The third-order valence-corrected chi connectivity index (χ3v) is 3.61. The van der Waals surface area contributed by atoms with Crippen molar-refractivity contribution in [1.82, 2.24) is 9.97 Å². The smallest absolute Gasteiger partial charge is 0.133 e. The van der Waals surface area contributed by atoms with Crippen molar-refractivity contribution < 1.29 is 4.42 Å². The second-order valence-corrected chi connectivity index (χ2v) is 5.05. The summed E-state index contributed by atoms with van der Waals surface area (Å²) in [5, 5.41) is 2.14. The summed E-state index contributed by atoms with van der Waals surface area (Å²) < 4.78 is 5.32. The van der Waals surface area contributed by atoms with Crippen LogP contribution in [0.25, 0.3) is 11.0 Å². The van der Waals surface area contributed by atoms with Gasteiger partial charge in [-0.05, 0) is 30.2 Å². The predicted octanol–water partition coefficient (Wildman–Crippen LogP) is 3.56. The van der Waals surface area contributed by atoms with Crippen LogP contribution in [0.5, 0.6) is 0 Å². The number of thioether (sulfide) groups is 1. The third kappa shape index (κ3) is 2.54. The van der Waals surface area contributed by atoms with E-state index in [9.17, 15) is 0 Å². The first-order valence-electron chi connectivity index (χ1n) is 5.77. The SMILES string of the molecule is c1cnc(SCCc2ccc3occc3c2)cn1. The molecule has 3 rings (SSSR count). The van der Waals surface area contributed by atoms with E-state index >= 15 is 0 Å². The lowest BCUT2D eigenvalue weighted by Gasteiger charge is -2.01. The molecule has 0 unspecified atom stereocenters. The van der Waals surface area contributed by atoms with E-state index < -0.39 is 0 Å². The number of aryl methyl sites for hydroxylation is 1. The Balaban J connectivity index is 1.62. The topological polar surface area (TPSA) is 38.9 Å². The molecule has 0 atom stereocenters. The molecule has 0 aliphatic rings. The molecule has 2 aromatic heterocycles. The molecule has 0 amide bonds. The molecule has 18 heavy (non-hydrogen) atoms. The van der Waals surface area contributed by atoms with Gasteiger partial charge in [-0.25, -0.2) is 4.98 Å². The molecule has 0 fully saturated rings. The van der Waals surface area contributed by atoms with Crippen molar-refractivity contribution >= 4 is 22.7 Å². The van der Waals surface area contributed by atoms with Gasteiger partial charge in [0.15, 0.2) is 0 Å². The zero-order chi connectivity index (χ0) is 12.2. The molecule has 4 heteroatoms. The zero-order valence-corrected chi connectivity index (χ0v) is 10.6. The molecule has 90 valence electrons. The molecule has 2 heterocycles. The lowest BCUT2D eigenvalue weighted by atomic mass is 10.1. The molecule has 0 radical (unpaired) electrons. The average molecular weight is 256 g/mol. The number of furan rings is 1. The van der Waals surface area contributed by atoms with E-state index in [1.165, 1.54) is 5.56 Å². The third-order valence-electron chi connectivity index (χ3n) is 2.70. The van der Waals surface area contributed by atoms with Gasteiger partial charge in [-0.3, -0.25) is 4.98 Å². The van der Waals surface area contributed by atoms with Crippen LogP contribution >= 0.6 is 11.8 Å². The van der Waals surface area contributed by atoms with Crippen LogP contribution in [0.4, 0.5) is 0 Å². The second-order valence-electron chi connectivity index (χ2n) is 3.93. The molecule has 0 aliphatic carbocycles. The van der Waals surface area contributed by atoms with Crippen LogP contribution in [0, 0.1) is 0 Å². The molecular weight excluding hydrogens is 244 g/mol. The predicted molar refractivity (Wildman–Crippen MR) is 72.7 cm³/mol. The van der Waals surface area contributed by atoms with E-state index in [0.29, 0.717) is 0 Å². The molecular formula is C14H12N2OS. The largest absolute Gasteiger partial charge is 0.464 e. The van der Waals surface area contributed by atoms with Gasteiger partial charge >= 0.3 is 0 Å². The first kappa shape index (κ1) is 11.3. The lowest BCUT2D eigenvalue weighted by Crippen LogP contribution is -1.89. The van der Waals surface area contributed by atoms with Gasteiger partial charge in [0.1, 0.15) is 10.6 Å². The average Bonchev–Trinajstić information content (AvgIpc) is 2.87. The Morgan fingerprint density at radius 1 is 1.17 bits per heavy atom. The summed E-state index contributed by atoms with van der Waals surface area (Å²) in [5.74, 6) is 1.00. The van der Waals surface area contributed by atoms with E-state index in [0.717, 1.165) is 28.2 Å². The van der Waals surface area contributed by atoms with Crippen LogP contribution in [0.1, 0.15) is 5.56 Å². The van der Waals surface area contributed by atoms with Crippen LogP contribution in [0.15, 0.2) is 58.6 Å². The van der Waals surface area contributed by atoms with E-state index in [2.05, 4.69) is 22.1 Å². The van der Waals surface area contributed by atoms with Crippen molar-refractivity contribution in [3.05, 3.63) is 54.7 Å². The number of nitrogens with zero attached hydrogens (tertiary/aromatic N) is 2. The summed E-state index contributed by atoms with van der Waals surface area (Å²) in [7, 11) is 0. The van der Waals surface area contributed by atoms with Gasteiger partial charge < -0.3 is 4.42 Å². The summed E-state index contributed by atoms with van der Waals surface area (Å²) in [6.45, 7) is 0. The first-order valence-corrected chi connectivity index (χ1v) is 6.75. The minimum atomic E-state index is 0.945. The molecule has 0 spiro atoms. The number of hydrogen-bond donors (Lipinski definition) is 0. The number of benzene rings is 1. The van der Waals surface area contributed by atoms with E-state index in [1.54, 1.807) is 36.6 Å². The van der Waals surface area contributed by atoms with E-state index in [1.807, 2.05) is 12.1 Å². The van der Waals surface area contributed by atoms with Gasteiger partial charge in [-0.15, -0.1) is 11.8 Å². The van der Waals surface area contributed by atoms with E-state index in [4.69, 9.17) is 4.42 Å². The van der Waals surface area contributed by atoms with Crippen molar-refractivity contribution in [2.75, 3.05) is 5.75 Å². The Morgan fingerprint density at radius 2 is 2.17 bits per heavy atom. The van der Waals surface area contributed by atoms with Crippen LogP contribution in [0.2, 0.25) is 0 Å².